The molecule has 0 fully saturated rings. The van der Waals surface area contributed by atoms with E-state index >= 15 is 0 Å². The van der Waals surface area contributed by atoms with Crippen molar-refractivity contribution < 1.29 is 19.4 Å². The summed E-state index contributed by atoms with van der Waals surface area (Å²) in [4.78, 5) is 13.6. The average molecular weight is 390 g/mol. The molecular weight excluding hydrogens is 366 g/mol. The van der Waals surface area contributed by atoms with E-state index < -0.39 is 6.10 Å². The summed E-state index contributed by atoms with van der Waals surface area (Å²) >= 11 is 6.09. The lowest BCUT2D eigenvalue weighted by molar-refractivity contribution is 0.101. The number of aliphatic hydroxyl groups is 1. The number of ketones is 1. The molecule has 2 aromatic carbocycles. The van der Waals surface area contributed by atoms with Crippen LogP contribution in [0.15, 0.2) is 36.4 Å². The molecule has 0 saturated heterocycles. The summed E-state index contributed by atoms with van der Waals surface area (Å²) in [5, 5.41) is 11.2. The zero-order chi connectivity index (χ0) is 19.4. The second kappa shape index (κ2) is 8.63. The van der Waals surface area contributed by atoms with Gasteiger partial charge in [0.1, 0.15) is 12.7 Å². The Balaban J connectivity index is 1.63. The van der Waals surface area contributed by atoms with E-state index in [0.717, 1.165) is 30.1 Å². The highest BCUT2D eigenvalue weighted by atomic mass is 35.5. The maximum Gasteiger partial charge on any atom is 0.161 e. The molecule has 2 aromatic rings. The molecule has 1 atom stereocenters. The van der Waals surface area contributed by atoms with Crippen molar-refractivity contribution in [3.63, 3.8) is 0 Å². The van der Waals surface area contributed by atoms with Crippen molar-refractivity contribution in [1.29, 1.82) is 0 Å². The molecule has 0 bridgehead atoms. The van der Waals surface area contributed by atoms with Crippen molar-refractivity contribution >= 4 is 23.1 Å². The third-order valence-electron chi connectivity index (χ3n) is 4.69. The van der Waals surface area contributed by atoms with Crippen LogP contribution in [-0.4, -0.2) is 43.8 Å². The van der Waals surface area contributed by atoms with Gasteiger partial charge in [0.25, 0.3) is 0 Å². The van der Waals surface area contributed by atoms with Crippen molar-refractivity contribution in [2.24, 2.45) is 0 Å². The number of carbonyl (C=O) groups is 1. The van der Waals surface area contributed by atoms with Crippen LogP contribution < -0.4 is 14.4 Å². The molecule has 0 aliphatic carbocycles. The lowest BCUT2D eigenvalue weighted by atomic mass is 10.0. The molecule has 0 saturated carbocycles. The molecule has 27 heavy (non-hydrogen) atoms. The van der Waals surface area contributed by atoms with Crippen LogP contribution in [0.3, 0.4) is 0 Å². The van der Waals surface area contributed by atoms with Gasteiger partial charge in [-0.05, 0) is 61.7 Å². The van der Waals surface area contributed by atoms with Gasteiger partial charge >= 0.3 is 0 Å². The topological polar surface area (TPSA) is 59.0 Å². The van der Waals surface area contributed by atoms with E-state index in [9.17, 15) is 9.90 Å². The Morgan fingerprint density at radius 2 is 2.07 bits per heavy atom. The summed E-state index contributed by atoms with van der Waals surface area (Å²) in [5.41, 5.74) is 2.89. The number of rotatable bonds is 7. The van der Waals surface area contributed by atoms with E-state index in [4.69, 9.17) is 21.1 Å². The number of nitrogens with zero attached hydrogens (tertiary/aromatic N) is 1. The second-order valence-electron chi connectivity index (χ2n) is 6.71. The molecule has 0 amide bonds. The number of benzene rings is 2. The molecule has 1 unspecified atom stereocenters. The lowest BCUT2D eigenvalue weighted by Crippen LogP contribution is -2.38. The zero-order valence-electron chi connectivity index (χ0n) is 15.6. The largest absolute Gasteiger partial charge is 0.493 e. The van der Waals surface area contributed by atoms with Crippen LogP contribution in [-0.2, 0) is 6.42 Å². The number of fused-ring (bicyclic) bond motifs is 1. The van der Waals surface area contributed by atoms with Crippen molar-refractivity contribution in [2.45, 2.75) is 25.9 Å². The predicted octanol–water partition coefficient (Wildman–Crippen LogP) is 3.74. The summed E-state index contributed by atoms with van der Waals surface area (Å²) in [6.45, 7) is 3.00. The molecule has 1 N–H and O–H groups in total. The van der Waals surface area contributed by atoms with Crippen LogP contribution in [0.2, 0.25) is 5.02 Å². The summed E-state index contributed by atoms with van der Waals surface area (Å²) in [6.07, 6.45) is 1.36. The molecule has 0 radical (unpaired) electrons. The predicted molar refractivity (Wildman–Crippen MR) is 106 cm³/mol. The molecule has 144 valence electrons. The summed E-state index contributed by atoms with van der Waals surface area (Å²) in [7, 11) is 1.53. The lowest BCUT2D eigenvalue weighted by Gasteiger charge is -2.33. The van der Waals surface area contributed by atoms with E-state index in [-0.39, 0.29) is 12.4 Å². The molecule has 5 nitrogen and oxygen atoms in total. The summed E-state index contributed by atoms with van der Waals surface area (Å²) in [5.74, 6) is 0.948. The van der Waals surface area contributed by atoms with Crippen molar-refractivity contribution in [1.82, 2.24) is 0 Å². The third kappa shape index (κ3) is 4.73. The quantitative estimate of drug-likeness (QED) is 0.731. The first-order valence-electron chi connectivity index (χ1n) is 9.01. The van der Waals surface area contributed by atoms with Gasteiger partial charge in [0.2, 0.25) is 0 Å². The second-order valence-corrected chi connectivity index (χ2v) is 7.15. The standard InChI is InChI=1S/C21H24ClNO4/c1-14(24)15-5-8-20(21(11-15)26-2)27-13-18(25)12-23-9-3-4-16-10-17(22)6-7-19(16)23/h5-8,10-11,18,25H,3-4,9,12-13H2,1-2H3. The fraction of sp³-hybridized carbons (Fsp3) is 0.381. The van der Waals surface area contributed by atoms with Gasteiger partial charge in [0, 0.05) is 29.4 Å². The molecular formula is C21H24ClNO4. The summed E-state index contributed by atoms with van der Waals surface area (Å²) < 4.78 is 11.0. The minimum Gasteiger partial charge on any atom is -0.493 e. The van der Waals surface area contributed by atoms with E-state index in [2.05, 4.69) is 4.90 Å². The summed E-state index contributed by atoms with van der Waals surface area (Å²) in [6, 6.07) is 10.9. The average Bonchev–Trinajstić information content (AvgIpc) is 2.66. The molecule has 6 heteroatoms. The number of Topliss-reactive ketones (excluding diaryl/α,β-unsaturated/α-hetero) is 1. The first kappa shape index (κ1) is 19.5. The van der Waals surface area contributed by atoms with E-state index in [1.807, 2.05) is 18.2 Å². The van der Waals surface area contributed by atoms with Crippen molar-refractivity contribution in [3.05, 3.63) is 52.5 Å². The van der Waals surface area contributed by atoms with Gasteiger partial charge in [-0.2, -0.15) is 0 Å². The Morgan fingerprint density at radius 1 is 1.26 bits per heavy atom. The van der Waals surface area contributed by atoms with Gasteiger partial charge in [-0.3, -0.25) is 4.79 Å². The zero-order valence-corrected chi connectivity index (χ0v) is 16.3. The number of carbonyl (C=O) groups excluding carboxylic acids is 1. The van der Waals surface area contributed by atoms with Crippen LogP contribution in [0, 0.1) is 0 Å². The Bertz CT molecular complexity index is 824. The highest BCUT2D eigenvalue weighted by molar-refractivity contribution is 6.30. The van der Waals surface area contributed by atoms with Crippen LogP contribution in [0.4, 0.5) is 5.69 Å². The normalized spacial score (nSPS) is 14.4. The molecule has 3 rings (SSSR count). The smallest absolute Gasteiger partial charge is 0.161 e. The first-order chi connectivity index (χ1) is 13.0. The van der Waals surface area contributed by atoms with Crippen LogP contribution in [0.25, 0.3) is 0 Å². The number of aliphatic hydroxyl groups excluding tert-OH is 1. The third-order valence-corrected chi connectivity index (χ3v) is 4.92. The van der Waals surface area contributed by atoms with Crippen LogP contribution in [0.1, 0.15) is 29.3 Å². The number of hydrogen-bond acceptors (Lipinski definition) is 5. The highest BCUT2D eigenvalue weighted by Gasteiger charge is 2.20. The fourth-order valence-electron chi connectivity index (χ4n) is 3.33. The van der Waals surface area contributed by atoms with Gasteiger partial charge in [-0.1, -0.05) is 11.6 Å². The Labute approximate surface area is 164 Å². The minimum absolute atomic E-state index is 0.0382. The van der Waals surface area contributed by atoms with Gasteiger partial charge in [-0.25, -0.2) is 0 Å². The Morgan fingerprint density at radius 3 is 2.81 bits per heavy atom. The number of hydrogen-bond donors (Lipinski definition) is 1. The monoisotopic (exact) mass is 389 g/mol. The van der Waals surface area contributed by atoms with E-state index in [0.29, 0.717) is 23.6 Å². The Kier molecular flexibility index (Phi) is 6.24. The highest BCUT2D eigenvalue weighted by Crippen LogP contribution is 2.30. The Hall–Kier alpha value is -2.24. The number of aryl methyl sites for hydroxylation is 1. The van der Waals surface area contributed by atoms with Gasteiger partial charge < -0.3 is 19.5 Å². The van der Waals surface area contributed by atoms with Gasteiger partial charge in [0.05, 0.1) is 7.11 Å². The number of methoxy groups -OCH3 is 1. The fourth-order valence-corrected chi connectivity index (χ4v) is 3.53. The number of β-amino-alcohol motifs (C(OH)–C–C–N with tert-alkyl or cyclic N) is 1. The van der Waals surface area contributed by atoms with Crippen molar-refractivity contribution in [3.8, 4) is 11.5 Å². The number of ether oxygens (including phenoxy) is 2. The van der Waals surface area contributed by atoms with Crippen LogP contribution in [0.5, 0.6) is 11.5 Å². The minimum atomic E-state index is -0.663. The number of anilines is 1. The van der Waals surface area contributed by atoms with Gasteiger partial charge in [0.15, 0.2) is 17.3 Å². The molecule has 0 aromatic heterocycles. The molecule has 1 aliphatic heterocycles. The SMILES string of the molecule is COc1cc(C(C)=O)ccc1OCC(O)CN1CCCc2cc(Cl)ccc21. The molecule has 1 aliphatic rings. The van der Waals surface area contributed by atoms with Gasteiger partial charge in [-0.15, -0.1) is 0 Å². The molecule has 0 spiro atoms. The maximum atomic E-state index is 11.5. The van der Waals surface area contributed by atoms with E-state index in [1.54, 1.807) is 18.2 Å². The molecule has 1 heterocycles. The maximum absolute atomic E-state index is 11.5. The first-order valence-corrected chi connectivity index (χ1v) is 9.39. The van der Waals surface area contributed by atoms with E-state index in [1.165, 1.54) is 19.6 Å². The van der Waals surface area contributed by atoms with Crippen molar-refractivity contribution in [2.75, 3.05) is 31.7 Å². The van der Waals surface area contributed by atoms with Crippen LogP contribution >= 0.6 is 11.6 Å². The number of halogens is 1.